The van der Waals surface area contributed by atoms with Crippen LogP contribution in [0.4, 0.5) is 4.39 Å². The van der Waals surface area contributed by atoms with Crippen LogP contribution in [0, 0.1) is 6.92 Å². The maximum Gasteiger partial charge on any atom is 0.341 e. The molecule has 0 spiro atoms. The number of nitrogens with zero attached hydrogens (tertiary/aromatic N) is 1. The normalized spacial score (nSPS) is 10.3. The molecule has 0 aliphatic carbocycles. The SMILES string of the molecule is Cc1ccc(C(=O)O)c(=O)n1CCCF. The quantitative estimate of drug-likeness (QED) is 0.817. The minimum absolute atomic E-state index is 0.211. The molecule has 1 aromatic rings. The highest BCUT2D eigenvalue weighted by molar-refractivity contribution is 5.87. The molecule has 82 valence electrons. The topological polar surface area (TPSA) is 59.3 Å². The summed E-state index contributed by atoms with van der Waals surface area (Å²) in [6, 6.07) is 2.81. The molecule has 1 heterocycles. The van der Waals surface area contributed by atoms with Crippen molar-refractivity contribution in [3.8, 4) is 0 Å². The predicted molar refractivity (Wildman–Crippen MR) is 53.0 cm³/mol. The zero-order valence-electron chi connectivity index (χ0n) is 8.36. The van der Waals surface area contributed by atoms with Crippen molar-refractivity contribution in [2.24, 2.45) is 0 Å². The lowest BCUT2D eigenvalue weighted by Crippen LogP contribution is -2.28. The fourth-order valence-corrected chi connectivity index (χ4v) is 1.33. The average Bonchev–Trinajstić information content (AvgIpc) is 2.17. The number of carbonyl (C=O) groups is 1. The van der Waals surface area contributed by atoms with Crippen molar-refractivity contribution in [1.82, 2.24) is 4.57 Å². The van der Waals surface area contributed by atoms with E-state index in [9.17, 15) is 14.0 Å². The summed E-state index contributed by atoms with van der Waals surface area (Å²) in [6.45, 7) is 1.37. The number of carboxylic acids is 1. The fourth-order valence-electron chi connectivity index (χ4n) is 1.33. The van der Waals surface area contributed by atoms with Crippen LogP contribution in [-0.4, -0.2) is 22.3 Å². The van der Waals surface area contributed by atoms with Gasteiger partial charge in [-0.05, 0) is 25.5 Å². The molecule has 1 N–H and O–H groups in total. The van der Waals surface area contributed by atoms with Crippen LogP contribution in [0.3, 0.4) is 0 Å². The van der Waals surface area contributed by atoms with Crippen LogP contribution < -0.4 is 5.56 Å². The van der Waals surface area contributed by atoms with Gasteiger partial charge in [-0.2, -0.15) is 0 Å². The summed E-state index contributed by atoms with van der Waals surface area (Å²) in [6.07, 6.45) is 0.212. The number of alkyl halides is 1. The zero-order chi connectivity index (χ0) is 11.4. The van der Waals surface area contributed by atoms with Gasteiger partial charge in [0.25, 0.3) is 5.56 Å². The van der Waals surface area contributed by atoms with E-state index in [1.165, 1.54) is 10.6 Å². The van der Waals surface area contributed by atoms with Gasteiger partial charge in [0, 0.05) is 12.2 Å². The third kappa shape index (κ3) is 2.43. The molecular weight excluding hydrogens is 201 g/mol. The summed E-state index contributed by atoms with van der Waals surface area (Å²) in [7, 11) is 0. The second kappa shape index (κ2) is 4.72. The number of aromatic carboxylic acids is 1. The van der Waals surface area contributed by atoms with Crippen LogP contribution >= 0.6 is 0 Å². The van der Waals surface area contributed by atoms with Gasteiger partial charge in [0.05, 0.1) is 6.67 Å². The molecule has 5 heteroatoms. The van der Waals surface area contributed by atoms with Crippen molar-refractivity contribution in [1.29, 1.82) is 0 Å². The number of pyridine rings is 1. The van der Waals surface area contributed by atoms with Gasteiger partial charge < -0.3 is 9.67 Å². The van der Waals surface area contributed by atoms with E-state index in [4.69, 9.17) is 5.11 Å². The Morgan fingerprint density at radius 1 is 1.53 bits per heavy atom. The first-order valence-electron chi connectivity index (χ1n) is 4.57. The molecule has 0 atom stereocenters. The smallest absolute Gasteiger partial charge is 0.341 e. The first-order valence-corrected chi connectivity index (χ1v) is 4.57. The third-order valence-corrected chi connectivity index (χ3v) is 2.14. The lowest BCUT2D eigenvalue weighted by atomic mass is 10.2. The van der Waals surface area contributed by atoms with Gasteiger partial charge in [-0.3, -0.25) is 9.18 Å². The van der Waals surface area contributed by atoms with Crippen molar-refractivity contribution in [3.05, 3.63) is 33.7 Å². The van der Waals surface area contributed by atoms with Gasteiger partial charge in [-0.15, -0.1) is 0 Å². The van der Waals surface area contributed by atoms with Crippen molar-refractivity contribution in [3.63, 3.8) is 0 Å². The average molecular weight is 213 g/mol. The molecule has 0 saturated carbocycles. The van der Waals surface area contributed by atoms with E-state index in [1.807, 2.05) is 0 Å². The van der Waals surface area contributed by atoms with Gasteiger partial charge in [0.15, 0.2) is 0 Å². The minimum Gasteiger partial charge on any atom is -0.477 e. The third-order valence-electron chi connectivity index (χ3n) is 2.14. The van der Waals surface area contributed by atoms with Gasteiger partial charge in [0.1, 0.15) is 5.56 Å². The standard InChI is InChI=1S/C10H12FNO3/c1-7-3-4-8(10(14)15)9(13)12(7)6-2-5-11/h3-4H,2,5-6H2,1H3,(H,14,15). The Kier molecular flexibility index (Phi) is 3.60. The van der Waals surface area contributed by atoms with Crippen LogP contribution in [0.1, 0.15) is 22.5 Å². The zero-order valence-corrected chi connectivity index (χ0v) is 8.36. The molecule has 0 aliphatic rings. The first kappa shape index (κ1) is 11.4. The van der Waals surface area contributed by atoms with E-state index in [2.05, 4.69) is 0 Å². The fraction of sp³-hybridized carbons (Fsp3) is 0.400. The van der Waals surface area contributed by atoms with Gasteiger partial charge in [-0.25, -0.2) is 4.79 Å². The van der Waals surface area contributed by atoms with Gasteiger partial charge >= 0.3 is 5.97 Å². The number of hydrogen-bond donors (Lipinski definition) is 1. The number of rotatable bonds is 4. The Morgan fingerprint density at radius 2 is 2.20 bits per heavy atom. The van der Waals surface area contributed by atoms with E-state index < -0.39 is 18.2 Å². The van der Waals surface area contributed by atoms with Crippen LogP contribution in [0.5, 0.6) is 0 Å². The van der Waals surface area contributed by atoms with Crippen LogP contribution in [0.2, 0.25) is 0 Å². The number of halogens is 1. The number of aromatic nitrogens is 1. The highest BCUT2D eigenvalue weighted by Gasteiger charge is 2.11. The maximum atomic E-state index is 12.0. The lowest BCUT2D eigenvalue weighted by Gasteiger charge is -2.09. The van der Waals surface area contributed by atoms with E-state index in [1.54, 1.807) is 13.0 Å². The molecule has 0 fully saturated rings. The summed E-state index contributed by atoms with van der Waals surface area (Å²) in [5, 5.41) is 8.72. The molecule has 0 aliphatic heterocycles. The summed E-state index contributed by atoms with van der Waals surface area (Å²) < 4.78 is 13.3. The molecule has 4 nitrogen and oxygen atoms in total. The second-order valence-corrected chi connectivity index (χ2v) is 3.19. The van der Waals surface area contributed by atoms with Crippen LogP contribution in [0.25, 0.3) is 0 Å². The molecular formula is C10H12FNO3. The number of hydrogen-bond acceptors (Lipinski definition) is 2. The van der Waals surface area contributed by atoms with Crippen molar-refractivity contribution >= 4 is 5.97 Å². The van der Waals surface area contributed by atoms with Crippen LogP contribution in [0.15, 0.2) is 16.9 Å². The second-order valence-electron chi connectivity index (χ2n) is 3.19. The molecule has 0 bridgehead atoms. The Bertz CT molecular complexity index is 425. The Labute approximate surface area is 86.0 Å². The lowest BCUT2D eigenvalue weighted by molar-refractivity contribution is 0.0694. The molecule has 0 aromatic carbocycles. The van der Waals surface area contributed by atoms with E-state index in [0.29, 0.717) is 5.69 Å². The molecule has 1 rings (SSSR count). The Balaban J connectivity index is 3.18. The Hall–Kier alpha value is -1.65. The molecule has 1 aromatic heterocycles. The maximum absolute atomic E-state index is 12.0. The predicted octanol–water partition coefficient (Wildman–Crippen LogP) is 1.21. The van der Waals surface area contributed by atoms with Gasteiger partial charge in [-0.1, -0.05) is 0 Å². The molecule has 15 heavy (non-hydrogen) atoms. The first-order chi connectivity index (χ1) is 7.07. The van der Waals surface area contributed by atoms with E-state index in [-0.39, 0.29) is 18.5 Å². The van der Waals surface area contributed by atoms with Crippen molar-refractivity contribution in [2.45, 2.75) is 19.9 Å². The van der Waals surface area contributed by atoms with Crippen molar-refractivity contribution in [2.75, 3.05) is 6.67 Å². The summed E-state index contributed by atoms with van der Waals surface area (Å²) >= 11 is 0. The van der Waals surface area contributed by atoms with E-state index in [0.717, 1.165) is 0 Å². The largest absolute Gasteiger partial charge is 0.477 e. The molecule has 0 amide bonds. The van der Waals surface area contributed by atoms with Gasteiger partial charge in [0.2, 0.25) is 0 Å². The molecule has 0 unspecified atom stereocenters. The number of carboxylic acid groups (broad SMARTS) is 1. The van der Waals surface area contributed by atoms with Crippen molar-refractivity contribution < 1.29 is 14.3 Å². The van der Waals surface area contributed by atoms with Crippen LogP contribution in [-0.2, 0) is 6.54 Å². The summed E-state index contributed by atoms with van der Waals surface area (Å²) in [4.78, 5) is 22.3. The summed E-state index contributed by atoms with van der Waals surface area (Å²) in [5.74, 6) is -1.26. The molecule has 0 saturated heterocycles. The highest BCUT2D eigenvalue weighted by atomic mass is 19.1. The summed E-state index contributed by atoms with van der Waals surface area (Å²) in [5.41, 5.74) is -0.214. The Morgan fingerprint density at radius 3 is 2.73 bits per heavy atom. The number of aryl methyl sites for hydroxylation is 1. The minimum atomic E-state index is -1.26. The molecule has 0 radical (unpaired) electrons. The monoisotopic (exact) mass is 213 g/mol. The highest BCUT2D eigenvalue weighted by Crippen LogP contribution is 2.00. The van der Waals surface area contributed by atoms with E-state index >= 15 is 0 Å².